The van der Waals surface area contributed by atoms with Crippen molar-refractivity contribution >= 4 is 37.6 Å². The molecule has 0 amide bonds. The molecule has 2 aromatic carbocycles. The molecule has 0 bridgehead atoms. The van der Waals surface area contributed by atoms with E-state index < -0.39 is 22.5 Å². The topological polar surface area (TPSA) is 72.9 Å². The predicted molar refractivity (Wildman–Crippen MR) is 103 cm³/mol. The van der Waals surface area contributed by atoms with Crippen molar-refractivity contribution in [1.82, 2.24) is 0 Å². The summed E-state index contributed by atoms with van der Waals surface area (Å²) in [6, 6.07) is 12.8. The normalized spacial score (nSPS) is 11.3. The minimum Gasteiger partial charge on any atom is -0.495 e. The van der Waals surface area contributed by atoms with Gasteiger partial charge in [-0.3, -0.25) is 9.10 Å². The van der Waals surface area contributed by atoms with Crippen molar-refractivity contribution in [2.45, 2.75) is 24.8 Å². The molecular formula is C18H20BrNO5S. The summed E-state index contributed by atoms with van der Waals surface area (Å²) in [7, 11) is -2.56. The number of sulfonamides is 1. The second-order valence-corrected chi connectivity index (χ2v) is 8.45. The Morgan fingerprint density at radius 2 is 1.73 bits per heavy atom. The molecule has 0 radical (unpaired) electrons. The van der Waals surface area contributed by atoms with Crippen molar-refractivity contribution in [2.75, 3.05) is 18.0 Å². The number of carbonyl (C=O) groups is 1. The van der Waals surface area contributed by atoms with Gasteiger partial charge < -0.3 is 9.47 Å². The number of carbonyl (C=O) groups excluding carboxylic acids is 1. The Hall–Kier alpha value is -2.06. The lowest BCUT2D eigenvalue weighted by molar-refractivity contribution is -0.145. The highest BCUT2D eigenvalue weighted by molar-refractivity contribution is 9.10. The van der Waals surface area contributed by atoms with E-state index in [-0.39, 0.29) is 16.7 Å². The number of para-hydroxylation sites is 2. The summed E-state index contributed by atoms with van der Waals surface area (Å²) in [5.74, 6) is -0.308. The van der Waals surface area contributed by atoms with E-state index in [0.29, 0.717) is 5.75 Å². The van der Waals surface area contributed by atoms with Gasteiger partial charge in [0.2, 0.25) is 0 Å². The van der Waals surface area contributed by atoms with Gasteiger partial charge in [0, 0.05) is 4.47 Å². The molecule has 0 aliphatic rings. The first-order chi connectivity index (χ1) is 12.3. The maximum Gasteiger partial charge on any atom is 0.327 e. The fourth-order valence-corrected chi connectivity index (χ4v) is 3.97. The average molecular weight is 442 g/mol. The molecule has 0 atom stereocenters. The van der Waals surface area contributed by atoms with Crippen LogP contribution in [-0.4, -0.2) is 34.1 Å². The van der Waals surface area contributed by atoms with E-state index in [9.17, 15) is 13.2 Å². The molecule has 2 rings (SSSR count). The van der Waals surface area contributed by atoms with Crippen LogP contribution in [0.25, 0.3) is 0 Å². The van der Waals surface area contributed by atoms with Crippen LogP contribution in [0, 0.1) is 0 Å². The molecule has 0 heterocycles. The first-order valence-corrected chi connectivity index (χ1v) is 10.1. The summed E-state index contributed by atoms with van der Waals surface area (Å²) in [6.07, 6.45) is -0.350. The zero-order valence-corrected chi connectivity index (χ0v) is 17.1. The summed E-state index contributed by atoms with van der Waals surface area (Å²) in [6.45, 7) is 2.94. The van der Waals surface area contributed by atoms with E-state index in [2.05, 4.69) is 15.9 Å². The minimum absolute atomic E-state index is 0.0592. The lowest BCUT2D eigenvalue weighted by atomic mass is 10.3. The molecule has 2 aromatic rings. The highest BCUT2D eigenvalue weighted by atomic mass is 79.9. The number of hydrogen-bond acceptors (Lipinski definition) is 5. The fourth-order valence-electron chi connectivity index (χ4n) is 2.29. The summed E-state index contributed by atoms with van der Waals surface area (Å²) in [4.78, 5) is 12.3. The van der Waals surface area contributed by atoms with E-state index in [1.165, 1.54) is 19.2 Å². The van der Waals surface area contributed by atoms with Crippen LogP contribution in [0.2, 0.25) is 0 Å². The zero-order valence-electron chi connectivity index (χ0n) is 14.7. The number of ether oxygens (including phenoxy) is 2. The standard InChI is InChI=1S/C18H20BrNO5S/c1-13(2)25-18(21)12-20(16-6-4-5-7-17(16)24-3)26(22,23)15-10-8-14(19)9-11-15/h4-11,13H,12H2,1-3H3. The van der Waals surface area contributed by atoms with Crippen LogP contribution in [-0.2, 0) is 19.6 Å². The molecule has 8 heteroatoms. The van der Waals surface area contributed by atoms with Gasteiger partial charge in [0.25, 0.3) is 10.0 Å². The summed E-state index contributed by atoms with van der Waals surface area (Å²) in [5.41, 5.74) is 0.263. The van der Waals surface area contributed by atoms with Crippen LogP contribution in [0.15, 0.2) is 57.9 Å². The zero-order chi connectivity index (χ0) is 19.3. The van der Waals surface area contributed by atoms with Gasteiger partial charge in [0.15, 0.2) is 0 Å². The van der Waals surface area contributed by atoms with Crippen molar-refractivity contribution < 1.29 is 22.7 Å². The Kier molecular flexibility index (Phi) is 6.66. The average Bonchev–Trinajstić information content (AvgIpc) is 2.59. The molecule has 0 spiro atoms. The number of anilines is 1. The Balaban J connectivity index is 2.52. The van der Waals surface area contributed by atoms with Gasteiger partial charge in [0.1, 0.15) is 12.3 Å². The number of hydrogen-bond donors (Lipinski definition) is 0. The summed E-state index contributed by atoms with van der Waals surface area (Å²) >= 11 is 3.28. The molecule has 26 heavy (non-hydrogen) atoms. The number of nitrogens with zero attached hydrogens (tertiary/aromatic N) is 1. The predicted octanol–water partition coefficient (Wildman–Crippen LogP) is 3.60. The number of esters is 1. The Morgan fingerprint density at radius 3 is 2.31 bits per heavy atom. The Bertz CT molecular complexity index is 865. The second-order valence-electron chi connectivity index (χ2n) is 5.68. The number of benzene rings is 2. The van der Waals surface area contributed by atoms with E-state index in [0.717, 1.165) is 8.78 Å². The van der Waals surface area contributed by atoms with Gasteiger partial charge in [-0.2, -0.15) is 0 Å². The van der Waals surface area contributed by atoms with Crippen LogP contribution >= 0.6 is 15.9 Å². The van der Waals surface area contributed by atoms with E-state index in [1.807, 2.05) is 0 Å². The molecule has 0 saturated carbocycles. The molecule has 0 fully saturated rings. The van der Waals surface area contributed by atoms with Gasteiger partial charge in [-0.15, -0.1) is 0 Å². The summed E-state index contributed by atoms with van der Waals surface area (Å²) in [5, 5.41) is 0. The Morgan fingerprint density at radius 1 is 1.12 bits per heavy atom. The van der Waals surface area contributed by atoms with Crippen LogP contribution in [0.3, 0.4) is 0 Å². The molecule has 140 valence electrons. The van der Waals surface area contributed by atoms with Crippen LogP contribution < -0.4 is 9.04 Å². The van der Waals surface area contributed by atoms with Crippen molar-refractivity contribution in [2.24, 2.45) is 0 Å². The largest absolute Gasteiger partial charge is 0.495 e. The van der Waals surface area contributed by atoms with Gasteiger partial charge in [0.05, 0.1) is 23.8 Å². The lowest BCUT2D eigenvalue weighted by Gasteiger charge is -2.25. The van der Waals surface area contributed by atoms with Crippen molar-refractivity contribution in [3.05, 3.63) is 53.0 Å². The third-order valence-electron chi connectivity index (χ3n) is 3.40. The molecule has 0 unspecified atom stereocenters. The first kappa shape index (κ1) is 20.3. The minimum atomic E-state index is -4.00. The van der Waals surface area contributed by atoms with Gasteiger partial charge >= 0.3 is 5.97 Å². The van der Waals surface area contributed by atoms with E-state index >= 15 is 0 Å². The van der Waals surface area contributed by atoms with Crippen molar-refractivity contribution in [3.63, 3.8) is 0 Å². The second kappa shape index (κ2) is 8.55. The highest BCUT2D eigenvalue weighted by Crippen LogP contribution is 2.32. The monoisotopic (exact) mass is 441 g/mol. The van der Waals surface area contributed by atoms with Gasteiger partial charge in [-0.1, -0.05) is 28.1 Å². The maximum absolute atomic E-state index is 13.2. The molecule has 0 saturated heterocycles. The van der Waals surface area contributed by atoms with Crippen molar-refractivity contribution in [1.29, 1.82) is 0 Å². The molecule has 6 nitrogen and oxygen atoms in total. The highest BCUT2D eigenvalue weighted by Gasteiger charge is 2.30. The maximum atomic E-state index is 13.2. The van der Waals surface area contributed by atoms with Gasteiger partial charge in [-0.25, -0.2) is 8.42 Å². The first-order valence-electron chi connectivity index (χ1n) is 7.86. The van der Waals surface area contributed by atoms with E-state index in [4.69, 9.17) is 9.47 Å². The van der Waals surface area contributed by atoms with E-state index in [1.54, 1.807) is 50.2 Å². The molecular weight excluding hydrogens is 422 g/mol. The number of rotatable bonds is 7. The third kappa shape index (κ3) is 4.76. The number of methoxy groups -OCH3 is 1. The SMILES string of the molecule is COc1ccccc1N(CC(=O)OC(C)C)S(=O)(=O)c1ccc(Br)cc1. The number of halogens is 1. The van der Waals surface area contributed by atoms with Crippen LogP contribution in [0.1, 0.15) is 13.8 Å². The van der Waals surface area contributed by atoms with Crippen LogP contribution in [0.4, 0.5) is 5.69 Å². The quantitative estimate of drug-likeness (QED) is 0.613. The molecule has 0 aliphatic heterocycles. The van der Waals surface area contributed by atoms with Crippen molar-refractivity contribution in [3.8, 4) is 5.75 Å². The summed E-state index contributed by atoms with van der Waals surface area (Å²) < 4.78 is 38.5. The van der Waals surface area contributed by atoms with Gasteiger partial charge in [-0.05, 0) is 50.2 Å². The molecule has 0 aliphatic carbocycles. The molecule has 0 N–H and O–H groups in total. The third-order valence-corrected chi connectivity index (χ3v) is 5.70. The van der Waals surface area contributed by atoms with Crippen LogP contribution in [0.5, 0.6) is 5.75 Å². The fraction of sp³-hybridized carbons (Fsp3) is 0.278. The smallest absolute Gasteiger partial charge is 0.327 e. The Labute approximate surface area is 161 Å². The lowest BCUT2D eigenvalue weighted by Crippen LogP contribution is -2.37. The molecule has 0 aromatic heterocycles.